The summed E-state index contributed by atoms with van der Waals surface area (Å²) in [6.45, 7) is 7.65. The van der Waals surface area contributed by atoms with Crippen LogP contribution in [0, 0.1) is 0 Å². The molecule has 1 aliphatic carbocycles. The molecule has 1 N–H and O–H groups in total. The van der Waals surface area contributed by atoms with Gasteiger partial charge in [-0.25, -0.2) is 4.39 Å². The van der Waals surface area contributed by atoms with Gasteiger partial charge in [-0.05, 0) is 58.7 Å². The Morgan fingerprint density at radius 2 is 1.96 bits per heavy atom. The van der Waals surface area contributed by atoms with Crippen LogP contribution >= 0.6 is 0 Å². The average Bonchev–Trinajstić information content (AvgIpc) is 3.30. The van der Waals surface area contributed by atoms with E-state index in [0.717, 1.165) is 29.7 Å². The molecule has 4 rings (SSSR count). The van der Waals surface area contributed by atoms with Gasteiger partial charge >= 0.3 is 7.12 Å². The standard InChI is InChI=1S/C19H23BFN3O2/c1-18(2)19(3,4)26-20(25-18)15(21)10-14-16(12-7-8-12)23-24-17(14)13-6-5-9-22-11-13/h5-6,9-12H,7-8H2,1-4H3,(H,23,24). The zero-order valence-corrected chi connectivity index (χ0v) is 15.5. The first-order valence-corrected chi connectivity index (χ1v) is 9.00. The maximum absolute atomic E-state index is 15.1. The van der Waals surface area contributed by atoms with Crippen LogP contribution in [0.15, 0.2) is 30.3 Å². The molecule has 2 aromatic heterocycles. The molecule has 0 spiro atoms. The molecule has 5 nitrogen and oxygen atoms in total. The summed E-state index contributed by atoms with van der Waals surface area (Å²) in [5.74, 6) is 0.408. The molecule has 1 saturated carbocycles. The molecule has 0 bridgehead atoms. The van der Waals surface area contributed by atoms with Gasteiger partial charge in [0, 0.05) is 35.1 Å². The Hall–Kier alpha value is -1.99. The van der Waals surface area contributed by atoms with Gasteiger partial charge in [-0.2, -0.15) is 5.10 Å². The fourth-order valence-electron chi connectivity index (χ4n) is 3.08. The summed E-state index contributed by atoms with van der Waals surface area (Å²) in [5, 5.41) is 7.52. The highest BCUT2D eigenvalue weighted by Crippen LogP contribution is 2.44. The molecule has 26 heavy (non-hydrogen) atoms. The van der Waals surface area contributed by atoms with Gasteiger partial charge in [0.15, 0.2) is 0 Å². The predicted octanol–water partition coefficient (Wildman–Crippen LogP) is 4.29. The fraction of sp³-hybridized carbons (Fsp3) is 0.474. The first kappa shape index (κ1) is 17.4. The third kappa shape index (κ3) is 2.99. The van der Waals surface area contributed by atoms with Crippen LogP contribution in [0.2, 0.25) is 0 Å². The van der Waals surface area contributed by atoms with Gasteiger partial charge in [-0.15, -0.1) is 0 Å². The van der Waals surface area contributed by atoms with Crippen molar-refractivity contribution in [3.8, 4) is 11.3 Å². The lowest BCUT2D eigenvalue weighted by molar-refractivity contribution is 0.00578. The van der Waals surface area contributed by atoms with Crippen molar-refractivity contribution in [2.75, 3.05) is 0 Å². The molecular formula is C19H23BFN3O2. The first-order valence-electron chi connectivity index (χ1n) is 9.00. The predicted molar refractivity (Wildman–Crippen MR) is 99.0 cm³/mol. The number of H-pyrrole nitrogens is 1. The van der Waals surface area contributed by atoms with Crippen molar-refractivity contribution < 1.29 is 13.7 Å². The average molecular weight is 355 g/mol. The summed E-state index contributed by atoms with van der Waals surface area (Å²) in [5.41, 5.74) is 1.67. The Morgan fingerprint density at radius 1 is 1.27 bits per heavy atom. The second-order valence-electron chi connectivity index (χ2n) is 8.03. The van der Waals surface area contributed by atoms with E-state index in [-0.39, 0.29) is 0 Å². The second kappa shape index (κ2) is 6.03. The van der Waals surface area contributed by atoms with Gasteiger partial charge in [0.25, 0.3) is 0 Å². The molecule has 1 saturated heterocycles. The van der Waals surface area contributed by atoms with Gasteiger partial charge in [0.2, 0.25) is 0 Å². The number of hydrogen-bond donors (Lipinski definition) is 1. The van der Waals surface area contributed by atoms with Crippen LogP contribution in [0.3, 0.4) is 0 Å². The number of aromatic amines is 1. The van der Waals surface area contributed by atoms with E-state index in [1.165, 1.54) is 6.08 Å². The van der Waals surface area contributed by atoms with E-state index >= 15 is 4.39 Å². The normalized spacial score (nSPS) is 22.0. The molecular weight excluding hydrogens is 332 g/mol. The van der Waals surface area contributed by atoms with Crippen molar-refractivity contribution in [2.45, 2.75) is 57.7 Å². The Balaban J connectivity index is 1.71. The van der Waals surface area contributed by atoms with E-state index in [1.807, 2.05) is 39.8 Å². The lowest BCUT2D eigenvalue weighted by Gasteiger charge is -2.32. The van der Waals surface area contributed by atoms with Crippen molar-refractivity contribution in [1.29, 1.82) is 0 Å². The minimum absolute atomic E-state index is 0.408. The van der Waals surface area contributed by atoms with Crippen LogP contribution in [0.25, 0.3) is 17.3 Å². The van der Waals surface area contributed by atoms with E-state index in [0.29, 0.717) is 11.6 Å². The lowest BCUT2D eigenvalue weighted by Crippen LogP contribution is -2.41. The molecule has 0 amide bonds. The molecule has 3 heterocycles. The zero-order chi connectivity index (χ0) is 18.5. The van der Waals surface area contributed by atoms with E-state index < -0.39 is 24.0 Å². The van der Waals surface area contributed by atoms with Gasteiger partial charge < -0.3 is 9.31 Å². The van der Waals surface area contributed by atoms with Gasteiger partial charge in [-0.1, -0.05) is 0 Å². The maximum atomic E-state index is 15.1. The third-order valence-corrected chi connectivity index (χ3v) is 5.51. The number of rotatable bonds is 4. The quantitative estimate of drug-likeness (QED) is 0.831. The number of halogens is 1. The first-order chi connectivity index (χ1) is 12.3. The molecule has 0 unspecified atom stereocenters. The number of nitrogens with one attached hydrogen (secondary N) is 1. The summed E-state index contributed by atoms with van der Waals surface area (Å²) < 4.78 is 26.7. The van der Waals surface area contributed by atoms with Crippen molar-refractivity contribution in [1.82, 2.24) is 15.2 Å². The Morgan fingerprint density at radius 3 is 2.54 bits per heavy atom. The van der Waals surface area contributed by atoms with Crippen LogP contribution in [0.4, 0.5) is 4.39 Å². The summed E-state index contributed by atoms with van der Waals surface area (Å²) in [7, 11) is -1.01. The van der Waals surface area contributed by atoms with Crippen molar-refractivity contribution in [3.63, 3.8) is 0 Å². The fourth-order valence-corrected chi connectivity index (χ4v) is 3.08. The molecule has 136 valence electrons. The molecule has 1 aliphatic heterocycles. The maximum Gasteiger partial charge on any atom is 0.525 e. The van der Waals surface area contributed by atoms with Crippen LogP contribution in [-0.4, -0.2) is 33.5 Å². The zero-order valence-electron chi connectivity index (χ0n) is 15.5. The Labute approximate surface area is 153 Å². The number of nitrogens with zero attached hydrogens (tertiary/aromatic N) is 2. The minimum Gasteiger partial charge on any atom is -0.398 e. The monoisotopic (exact) mass is 355 g/mol. The summed E-state index contributed by atoms with van der Waals surface area (Å²) >= 11 is 0. The van der Waals surface area contributed by atoms with Crippen molar-refractivity contribution >= 4 is 13.2 Å². The van der Waals surface area contributed by atoms with Gasteiger partial charge in [0.05, 0.1) is 11.2 Å². The highest BCUT2D eigenvalue weighted by Gasteiger charge is 2.53. The third-order valence-electron chi connectivity index (χ3n) is 5.51. The summed E-state index contributed by atoms with van der Waals surface area (Å²) in [6.07, 6.45) is 7.12. The molecule has 2 aliphatic rings. The van der Waals surface area contributed by atoms with Gasteiger partial charge in [0.1, 0.15) is 11.4 Å². The van der Waals surface area contributed by atoms with Crippen LogP contribution in [-0.2, 0) is 9.31 Å². The highest BCUT2D eigenvalue weighted by atomic mass is 19.1. The van der Waals surface area contributed by atoms with Crippen LogP contribution in [0.5, 0.6) is 0 Å². The SMILES string of the molecule is CC1(C)OB(C(F)=Cc2c(-c3cccnc3)n[nH]c2C2CC2)OC1(C)C. The highest BCUT2D eigenvalue weighted by molar-refractivity contribution is 6.54. The summed E-state index contributed by atoms with van der Waals surface area (Å²) in [4.78, 5) is 4.15. The minimum atomic E-state index is -1.01. The van der Waals surface area contributed by atoms with E-state index in [1.54, 1.807) is 12.4 Å². The molecule has 7 heteroatoms. The van der Waals surface area contributed by atoms with Crippen molar-refractivity contribution in [2.24, 2.45) is 0 Å². The molecule has 2 fully saturated rings. The molecule has 0 atom stereocenters. The number of aromatic nitrogens is 3. The van der Waals surface area contributed by atoms with E-state index in [2.05, 4.69) is 15.2 Å². The van der Waals surface area contributed by atoms with E-state index in [9.17, 15) is 0 Å². The molecule has 0 aromatic carbocycles. The largest absolute Gasteiger partial charge is 0.525 e. The Bertz CT molecular complexity index is 828. The van der Waals surface area contributed by atoms with Gasteiger partial charge in [-0.3, -0.25) is 10.1 Å². The smallest absolute Gasteiger partial charge is 0.398 e. The van der Waals surface area contributed by atoms with Crippen LogP contribution < -0.4 is 0 Å². The Kier molecular flexibility index (Phi) is 4.04. The molecule has 2 aromatic rings. The topological polar surface area (TPSA) is 60.0 Å². The van der Waals surface area contributed by atoms with E-state index in [4.69, 9.17) is 9.31 Å². The number of hydrogen-bond acceptors (Lipinski definition) is 4. The molecule has 0 radical (unpaired) electrons. The summed E-state index contributed by atoms with van der Waals surface area (Å²) in [6, 6.07) is 3.77. The lowest BCUT2D eigenvalue weighted by atomic mass is 9.86. The van der Waals surface area contributed by atoms with Crippen LogP contribution in [0.1, 0.15) is 57.7 Å². The number of pyridine rings is 1. The van der Waals surface area contributed by atoms with Crippen molar-refractivity contribution in [3.05, 3.63) is 41.5 Å². The second-order valence-corrected chi connectivity index (χ2v) is 8.03.